The SMILES string of the molecule is O=C1CCC(N2Cc3c(CNC4CCNCCC4c4ccccc4)cccc3C2=O)C(=O)N1. The van der Waals surface area contributed by atoms with Crippen LogP contribution in [0, 0.1) is 0 Å². The smallest absolute Gasteiger partial charge is 0.255 e. The summed E-state index contributed by atoms with van der Waals surface area (Å²) in [6.07, 6.45) is 2.76. The van der Waals surface area contributed by atoms with Gasteiger partial charge in [0.25, 0.3) is 5.91 Å². The van der Waals surface area contributed by atoms with Gasteiger partial charge in [-0.05, 0) is 55.1 Å². The van der Waals surface area contributed by atoms with Gasteiger partial charge in [-0.3, -0.25) is 19.7 Å². The van der Waals surface area contributed by atoms with E-state index in [9.17, 15) is 14.4 Å². The number of hydrogen-bond donors (Lipinski definition) is 3. The van der Waals surface area contributed by atoms with Gasteiger partial charge in [-0.15, -0.1) is 0 Å². The largest absolute Gasteiger partial charge is 0.322 e. The van der Waals surface area contributed by atoms with Crippen LogP contribution in [0.4, 0.5) is 0 Å². The molecular weight excluding hydrogens is 416 g/mol. The maximum atomic E-state index is 13.1. The molecule has 3 unspecified atom stereocenters. The van der Waals surface area contributed by atoms with Crippen LogP contribution in [0.2, 0.25) is 0 Å². The summed E-state index contributed by atoms with van der Waals surface area (Å²) in [6, 6.07) is 16.3. The van der Waals surface area contributed by atoms with Crippen molar-refractivity contribution in [3.63, 3.8) is 0 Å². The van der Waals surface area contributed by atoms with E-state index in [1.165, 1.54) is 5.56 Å². The Morgan fingerprint density at radius 2 is 1.76 bits per heavy atom. The molecule has 33 heavy (non-hydrogen) atoms. The van der Waals surface area contributed by atoms with Gasteiger partial charge in [0.05, 0.1) is 0 Å². The van der Waals surface area contributed by atoms with Crippen molar-refractivity contribution in [1.29, 1.82) is 0 Å². The summed E-state index contributed by atoms with van der Waals surface area (Å²) >= 11 is 0. The average Bonchev–Trinajstić information content (AvgIpc) is 3.00. The van der Waals surface area contributed by atoms with Gasteiger partial charge in [0.2, 0.25) is 11.8 Å². The third kappa shape index (κ3) is 4.43. The molecule has 7 heteroatoms. The highest BCUT2D eigenvalue weighted by Gasteiger charge is 2.39. The molecule has 3 aliphatic rings. The zero-order chi connectivity index (χ0) is 22.8. The third-order valence-corrected chi connectivity index (χ3v) is 7.21. The Hall–Kier alpha value is -3.03. The number of piperidine rings is 1. The van der Waals surface area contributed by atoms with Crippen molar-refractivity contribution < 1.29 is 14.4 Å². The van der Waals surface area contributed by atoms with Gasteiger partial charge in [-0.2, -0.15) is 0 Å². The number of nitrogens with one attached hydrogen (secondary N) is 3. The maximum absolute atomic E-state index is 13.1. The van der Waals surface area contributed by atoms with E-state index in [4.69, 9.17) is 0 Å². The summed E-state index contributed by atoms with van der Waals surface area (Å²) < 4.78 is 0. The second kappa shape index (κ2) is 9.45. The highest BCUT2D eigenvalue weighted by Crippen LogP contribution is 2.31. The predicted octanol–water partition coefficient (Wildman–Crippen LogP) is 2.07. The molecule has 3 N–H and O–H groups in total. The van der Waals surface area contributed by atoms with E-state index in [2.05, 4.69) is 52.3 Å². The Bertz CT molecular complexity index is 1050. The van der Waals surface area contributed by atoms with E-state index >= 15 is 0 Å². The second-order valence-electron chi connectivity index (χ2n) is 9.18. The van der Waals surface area contributed by atoms with E-state index in [0.717, 1.165) is 37.1 Å². The van der Waals surface area contributed by atoms with Crippen molar-refractivity contribution in [2.24, 2.45) is 0 Å². The number of benzene rings is 2. The Labute approximate surface area is 193 Å². The van der Waals surface area contributed by atoms with Gasteiger partial charge in [-0.25, -0.2) is 0 Å². The Morgan fingerprint density at radius 3 is 2.58 bits per heavy atom. The van der Waals surface area contributed by atoms with Crippen molar-refractivity contribution >= 4 is 17.7 Å². The fourth-order valence-corrected chi connectivity index (χ4v) is 5.44. The molecule has 3 heterocycles. The average molecular weight is 447 g/mol. The minimum absolute atomic E-state index is 0.123. The third-order valence-electron chi connectivity index (χ3n) is 7.21. The lowest BCUT2D eigenvalue weighted by Crippen LogP contribution is -2.52. The Morgan fingerprint density at radius 1 is 0.939 bits per heavy atom. The van der Waals surface area contributed by atoms with Crippen molar-refractivity contribution in [2.75, 3.05) is 13.1 Å². The molecule has 5 rings (SSSR count). The van der Waals surface area contributed by atoms with E-state index in [-0.39, 0.29) is 24.1 Å². The van der Waals surface area contributed by atoms with Crippen LogP contribution in [0.25, 0.3) is 0 Å². The molecule has 2 aromatic carbocycles. The van der Waals surface area contributed by atoms with Crippen LogP contribution in [-0.4, -0.2) is 47.8 Å². The molecule has 0 radical (unpaired) electrons. The Kier molecular flexibility index (Phi) is 6.24. The summed E-state index contributed by atoms with van der Waals surface area (Å²) in [6.45, 7) is 3.07. The van der Waals surface area contributed by atoms with Crippen molar-refractivity contribution in [3.8, 4) is 0 Å². The standard InChI is InChI=1S/C26H30N4O3/c31-24-10-9-23(25(32)29-24)30-16-21-18(7-4-8-20(21)26(30)33)15-28-22-12-14-27-13-11-19(22)17-5-2-1-3-6-17/h1-8,19,22-23,27-28H,9-16H2,(H,29,31,32). The molecule has 2 fully saturated rings. The molecule has 0 aromatic heterocycles. The topological polar surface area (TPSA) is 90.5 Å². The highest BCUT2D eigenvalue weighted by atomic mass is 16.2. The first kappa shape index (κ1) is 21.8. The van der Waals surface area contributed by atoms with Gasteiger partial charge in [-0.1, -0.05) is 42.5 Å². The molecule has 3 amide bonds. The predicted molar refractivity (Wildman–Crippen MR) is 124 cm³/mol. The molecule has 3 aliphatic heterocycles. The minimum Gasteiger partial charge on any atom is -0.322 e. The van der Waals surface area contributed by atoms with Crippen LogP contribution in [-0.2, 0) is 22.7 Å². The fraction of sp³-hybridized carbons (Fsp3) is 0.423. The van der Waals surface area contributed by atoms with Crippen LogP contribution in [0.1, 0.15) is 58.6 Å². The molecule has 0 bridgehead atoms. The van der Waals surface area contributed by atoms with Gasteiger partial charge in [0.1, 0.15) is 6.04 Å². The monoisotopic (exact) mass is 446 g/mol. The number of imide groups is 1. The number of amides is 3. The van der Waals surface area contributed by atoms with E-state index in [1.807, 2.05) is 12.1 Å². The fourth-order valence-electron chi connectivity index (χ4n) is 5.44. The molecule has 0 spiro atoms. The Balaban J connectivity index is 1.32. The quantitative estimate of drug-likeness (QED) is 0.612. The summed E-state index contributed by atoms with van der Waals surface area (Å²) in [5.41, 5.74) is 4.11. The zero-order valence-electron chi connectivity index (χ0n) is 18.7. The van der Waals surface area contributed by atoms with Crippen LogP contribution in [0.3, 0.4) is 0 Å². The molecule has 0 saturated carbocycles. The summed E-state index contributed by atoms with van der Waals surface area (Å²) in [7, 11) is 0. The number of carbonyl (C=O) groups excluding carboxylic acids is 3. The maximum Gasteiger partial charge on any atom is 0.255 e. The molecule has 7 nitrogen and oxygen atoms in total. The lowest BCUT2D eigenvalue weighted by molar-refractivity contribution is -0.136. The molecule has 0 aliphatic carbocycles. The molecule has 172 valence electrons. The first-order chi connectivity index (χ1) is 16.1. The van der Waals surface area contributed by atoms with Crippen molar-refractivity contribution in [2.45, 2.75) is 56.8 Å². The summed E-state index contributed by atoms with van der Waals surface area (Å²) in [5.74, 6) is -0.332. The first-order valence-corrected chi connectivity index (χ1v) is 11.9. The van der Waals surface area contributed by atoms with E-state index < -0.39 is 6.04 Å². The number of fused-ring (bicyclic) bond motifs is 1. The van der Waals surface area contributed by atoms with Crippen molar-refractivity contribution in [3.05, 3.63) is 70.8 Å². The van der Waals surface area contributed by atoms with Crippen LogP contribution in [0.5, 0.6) is 0 Å². The number of carbonyl (C=O) groups is 3. The van der Waals surface area contributed by atoms with E-state index in [1.54, 1.807) is 4.90 Å². The van der Waals surface area contributed by atoms with Crippen LogP contribution < -0.4 is 16.0 Å². The summed E-state index contributed by atoms with van der Waals surface area (Å²) in [4.78, 5) is 38.6. The number of hydrogen-bond acceptors (Lipinski definition) is 5. The number of rotatable bonds is 5. The van der Waals surface area contributed by atoms with E-state index in [0.29, 0.717) is 37.0 Å². The number of nitrogens with zero attached hydrogens (tertiary/aromatic N) is 1. The molecule has 2 saturated heterocycles. The lowest BCUT2D eigenvalue weighted by Gasteiger charge is -2.29. The lowest BCUT2D eigenvalue weighted by atomic mass is 9.87. The first-order valence-electron chi connectivity index (χ1n) is 11.9. The highest BCUT2D eigenvalue weighted by molar-refractivity contribution is 6.05. The van der Waals surface area contributed by atoms with Crippen LogP contribution in [0.15, 0.2) is 48.5 Å². The van der Waals surface area contributed by atoms with Crippen LogP contribution >= 0.6 is 0 Å². The summed E-state index contributed by atoms with van der Waals surface area (Å²) in [5, 5.41) is 9.68. The van der Waals surface area contributed by atoms with Gasteiger partial charge in [0.15, 0.2) is 0 Å². The normalized spacial score (nSPS) is 25.5. The second-order valence-corrected chi connectivity index (χ2v) is 9.18. The van der Waals surface area contributed by atoms with Gasteiger partial charge < -0.3 is 15.5 Å². The van der Waals surface area contributed by atoms with Gasteiger partial charge in [0, 0.05) is 37.0 Å². The molecule has 2 aromatic rings. The molecular formula is C26H30N4O3. The van der Waals surface area contributed by atoms with Gasteiger partial charge >= 0.3 is 0 Å². The molecule has 3 atom stereocenters. The zero-order valence-corrected chi connectivity index (χ0v) is 18.7. The minimum atomic E-state index is -0.584. The van der Waals surface area contributed by atoms with Crippen molar-refractivity contribution in [1.82, 2.24) is 20.9 Å².